The molecule has 0 fully saturated rings. The van der Waals surface area contributed by atoms with E-state index in [1.165, 1.54) is 17.6 Å². The molecular weight excluding hydrogens is 302 g/mol. The number of amides is 2. The number of methoxy groups -OCH3 is 1. The van der Waals surface area contributed by atoms with Gasteiger partial charge in [-0.05, 0) is 41.3 Å². The Morgan fingerprint density at radius 3 is 2.68 bits per heavy atom. The first-order valence-corrected chi connectivity index (χ1v) is 7.34. The zero-order chi connectivity index (χ0) is 15.8. The molecule has 0 aliphatic carbocycles. The van der Waals surface area contributed by atoms with Crippen LogP contribution in [0.1, 0.15) is 15.2 Å². The predicted octanol–water partition coefficient (Wildman–Crippen LogP) is 1.64. The lowest BCUT2D eigenvalue weighted by molar-refractivity contribution is -0.120. The summed E-state index contributed by atoms with van der Waals surface area (Å²) in [5, 5.41) is 8.14. The maximum absolute atomic E-state index is 11.6. The van der Waals surface area contributed by atoms with E-state index in [1.54, 1.807) is 36.8 Å². The zero-order valence-electron chi connectivity index (χ0n) is 11.9. The first-order valence-electron chi connectivity index (χ1n) is 6.46. The molecule has 2 N–H and O–H groups in total. The number of nitrogens with zero attached hydrogens (tertiary/aromatic N) is 1. The fourth-order valence-corrected chi connectivity index (χ4v) is 2.20. The minimum absolute atomic E-state index is 0.128. The summed E-state index contributed by atoms with van der Waals surface area (Å²) >= 11 is 1.32. The molecule has 0 atom stereocenters. The molecule has 0 aliphatic heterocycles. The molecule has 2 rings (SSSR count). The Hall–Kier alpha value is -2.67. The van der Waals surface area contributed by atoms with E-state index in [1.807, 2.05) is 12.1 Å². The van der Waals surface area contributed by atoms with Crippen LogP contribution in [0, 0.1) is 0 Å². The average Bonchev–Trinajstić information content (AvgIpc) is 3.08. The summed E-state index contributed by atoms with van der Waals surface area (Å²) in [6.45, 7) is -0.128. The first kappa shape index (κ1) is 15.7. The molecule has 0 aliphatic rings. The standard InChI is InChI=1S/C15H15N3O3S/c1-21-12-6-4-11(5-7-12)9-17-18-14(19)10-16-15(20)13-3-2-8-22-13/h2-9H,10H2,1H3,(H,16,20)(H,18,19)/b17-9-. The number of rotatable bonds is 6. The Labute approximate surface area is 131 Å². The van der Waals surface area contributed by atoms with E-state index in [0.717, 1.165) is 11.3 Å². The molecule has 0 bridgehead atoms. The molecule has 0 saturated carbocycles. The summed E-state index contributed by atoms with van der Waals surface area (Å²) in [4.78, 5) is 23.8. The van der Waals surface area contributed by atoms with Gasteiger partial charge in [-0.2, -0.15) is 5.10 Å². The van der Waals surface area contributed by atoms with Crippen molar-refractivity contribution in [2.75, 3.05) is 13.7 Å². The van der Waals surface area contributed by atoms with E-state index in [-0.39, 0.29) is 12.5 Å². The summed E-state index contributed by atoms with van der Waals surface area (Å²) in [6, 6.07) is 10.7. The fraction of sp³-hybridized carbons (Fsp3) is 0.133. The van der Waals surface area contributed by atoms with Gasteiger partial charge in [-0.25, -0.2) is 5.43 Å². The fourth-order valence-electron chi connectivity index (χ4n) is 1.56. The smallest absolute Gasteiger partial charge is 0.261 e. The number of hydrogen-bond acceptors (Lipinski definition) is 5. The van der Waals surface area contributed by atoms with Gasteiger partial charge < -0.3 is 10.1 Å². The van der Waals surface area contributed by atoms with Crippen molar-refractivity contribution in [3.63, 3.8) is 0 Å². The minimum atomic E-state index is -0.394. The highest BCUT2D eigenvalue weighted by Gasteiger charge is 2.07. The van der Waals surface area contributed by atoms with Crippen molar-refractivity contribution in [3.05, 3.63) is 52.2 Å². The van der Waals surface area contributed by atoms with Gasteiger partial charge in [-0.15, -0.1) is 11.3 Å². The second kappa shape index (κ2) is 7.94. The van der Waals surface area contributed by atoms with Crippen LogP contribution in [-0.4, -0.2) is 31.7 Å². The molecule has 6 nitrogen and oxygen atoms in total. The quantitative estimate of drug-likeness (QED) is 0.628. The number of thiophene rings is 1. The van der Waals surface area contributed by atoms with Gasteiger partial charge in [-0.1, -0.05) is 6.07 Å². The van der Waals surface area contributed by atoms with Gasteiger partial charge in [0.05, 0.1) is 24.7 Å². The van der Waals surface area contributed by atoms with Crippen LogP contribution in [0.25, 0.3) is 0 Å². The summed E-state index contributed by atoms with van der Waals surface area (Å²) in [5.41, 5.74) is 3.17. The Morgan fingerprint density at radius 2 is 2.05 bits per heavy atom. The summed E-state index contributed by atoms with van der Waals surface area (Å²) in [6.07, 6.45) is 1.51. The molecule has 0 spiro atoms. The highest BCUT2D eigenvalue weighted by molar-refractivity contribution is 7.12. The van der Waals surface area contributed by atoms with Gasteiger partial charge in [0.2, 0.25) is 0 Å². The third-order valence-corrected chi connectivity index (χ3v) is 3.54. The van der Waals surface area contributed by atoms with E-state index in [0.29, 0.717) is 4.88 Å². The predicted molar refractivity (Wildman–Crippen MR) is 85.4 cm³/mol. The van der Waals surface area contributed by atoms with Gasteiger partial charge in [0.15, 0.2) is 0 Å². The lowest BCUT2D eigenvalue weighted by atomic mass is 10.2. The number of hydrogen-bond donors (Lipinski definition) is 2. The zero-order valence-corrected chi connectivity index (χ0v) is 12.7. The van der Waals surface area contributed by atoms with Gasteiger partial charge in [-0.3, -0.25) is 9.59 Å². The molecule has 1 aromatic carbocycles. The van der Waals surface area contributed by atoms with Gasteiger partial charge >= 0.3 is 0 Å². The average molecular weight is 317 g/mol. The van der Waals surface area contributed by atoms with E-state index >= 15 is 0 Å². The maximum atomic E-state index is 11.6. The first-order chi connectivity index (χ1) is 10.7. The summed E-state index contributed by atoms with van der Waals surface area (Å²) in [7, 11) is 1.59. The Morgan fingerprint density at radius 1 is 1.27 bits per heavy atom. The molecule has 0 saturated heterocycles. The molecule has 0 unspecified atom stereocenters. The number of benzene rings is 1. The topological polar surface area (TPSA) is 79.8 Å². The van der Waals surface area contributed by atoms with Crippen LogP contribution in [0.5, 0.6) is 5.75 Å². The Bertz CT molecular complexity index is 651. The summed E-state index contributed by atoms with van der Waals surface area (Å²) in [5.74, 6) is 0.0800. The third-order valence-electron chi connectivity index (χ3n) is 2.67. The van der Waals surface area contributed by atoms with Gasteiger partial charge in [0.25, 0.3) is 11.8 Å². The molecule has 2 amide bonds. The SMILES string of the molecule is COc1ccc(/C=N\NC(=O)CNC(=O)c2cccs2)cc1. The minimum Gasteiger partial charge on any atom is -0.497 e. The number of carbonyl (C=O) groups excluding carboxylic acids is 2. The van der Waals surface area contributed by atoms with Crippen LogP contribution in [0.2, 0.25) is 0 Å². The number of hydrazone groups is 1. The van der Waals surface area contributed by atoms with Crippen molar-refractivity contribution in [3.8, 4) is 5.75 Å². The van der Waals surface area contributed by atoms with E-state index in [4.69, 9.17) is 4.74 Å². The Balaban J connectivity index is 1.75. The third kappa shape index (κ3) is 4.71. The molecular formula is C15H15N3O3S. The Kier molecular flexibility index (Phi) is 5.67. The van der Waals surface area contributed by atoms with E-state index in [9.17, 15) is 9.59 Å². The monoisotopic (exact) mass is 317 g/mol. The number of carbonyl (C=O) groups is 2. The maximum Gasteiger partial charge on any atom is 0.261 e. The van der Waals surface area contributed by atoms with Crippen LogP contribution in [0.3, 0.4) is 0 Å². The van der Waals surface area contributed by atoms with Crippen LogP contribution >= 0.6 is 11.3 Å². The van der Waals surface area contributed by atoms with Crippen molar-refractivity contribution < 1.29 is 14.3 Å². The normalized spacial score (nSPS) is 10.4. The van der Waals surface area contributed by atoms with Crippen molar-refractivity contribution in [1.29, 1.82) is 0 Å². The van der Waals surface area contributed by atoms with Crippen molar-refractivity contribution in [2.24, 2.45) is 5.10 Å². The van der Waals surface area contributed by atoms with Crippen molar-refractivity contribution in [1.82, 2.24) is 10.7 Å². The van der Waals surface area contributed by atoms with Gasteiger partial charge in [0, 0.05) is 0 Å². The molecule has 1 aromatic heterocycles. The van der Waals surface area contributed by atoms with E-state index in [2.05, 4.69) is 15.8 Å². The molecule has 22 heavy (non-hydrogen) atoms. The molecule has 114 valence electrons. The van der Waals surface area contributed by atoms with Crippen molar-refractivity contribution >= 4 is 29.4 Å². The highest BCUT2D eigenvalue weighted by atomic mass is 32.1. The van der Waals surface area contributed by atoms with Crippen LogP contribution < -0.4 is 15.5 Å². The lowest BCUT2D eigenvalue weighted by Gasteiger charge is -2.02. The second-order valence-corrected chi connectivity index (χ2v) is 5.17. The molecule has 0 radical (unpaired) electrons. The largest absolute Gasteiger partial charge is 0.497 e. The van der Waals surface area contributed by atoms with Crippen LogP contribution in [0.15, 0.2) is 46.9 Å². The molecule has 2 aromatic rings. The van der Waals surface area contributed by atoms with Crippen LogP contribution in [0.4, 0.5) is 0 Å². The van der Waals surface area contributed by atoms with E-state index < -0.39 is 5.91 Å². The second-order valence-electron chi connectivity index (χ2n) is 4.23. The van der Waals surface area contributed by atoms with Crippen molar-refractivity contribution in [2.45, 2.75) is 0 Å². The van der Waals surface area contributed by atoms with Gasteiger partial charge in [0.1, 0.15) is 5.75 Å². The lowest BCUT2D eigenvalue weighted by Crippen LogP contribution is -2.34. The number of ether oxygens (including phenoxy) is 1. The van der Waals surface area contributed by atoms with Crippen LogP contribution in [-0.2, 0) is 4.79 Å². The molecule has 1 heterocycles. The molecule has 7 heteroatoms. The highest BCUT2D eigenvalue weighted by Crippen LogP contribution is 2.09. The number of nitrogens with one attached hydrogen (secondary N) is 2. The summed E-state index contributed by atoms with van der Waals surface area (Å²) < 4.78 is 5.04.